The Bertz CT molecular complexity index is 567. The van der Waals surface area contributed by atoms with Gasteiger partial charge in [0.25, 0.3) is 0 Å². The lowest BCUT2D eigenvalue weighted by atomic mass is 10.1. The molecule has 22 heavy (non-hydrogen) atoms. The molecule has 6 heteroatoms. The van der Waals surface area contributed by atoms with Crippen LogP contribution in [0.1, 0.15) is 18.9 Å². The number of ether oxygens (including phenoxy) is 2. The maximum atomic E-state index is 12.2. The second-order valence-corrected chi connectivity index (χ2v) is 5.02. The zero-order valence-electron chi connectivity index (χ0n) is 12.4. The number of carbonyl (C=O) groups excluding carboxylic acids is 2. The van der Waals surface area contributed by atoms with Gasteiger partial charge in [-0.2, -0.15) is 5.26 Å². The lowest BCUT2D eigenvalue weighted by Gasteiger charge is -2.22. The third-order valence-corrected chi connectivity index (χ3v) is 3.48. The zero-order chi connectivity index (χ0) is 15.9. The SMILES string of the molecule is CCOC(=O)[C@H]1C[C@@H](C#N)CN1C(=O)OCc1ccccc1. The number of esters is 1. The Morgan fingerprint density at radius 2 is 2.05 bits per heavy atom. The van der Waals surface area contributed by atoms with Crippen LogP contribution >= 0.6 is 0 Å². The second kappa shape index (κ2) is 7.46. The summed E-state index contributed by atoms with van der Waals surface area (Å²) >= 11 is 0. The van der Waals surface area contributed by atoms with Gasteiger partial charge in [0.05, 0.1) is 18.6 Å². The van der Waals surface area contributed by atoms with Crippen LogP contribution < -0.4 is 0 Å². The third kappa shape index (κ3) is 3.76. The Morgan fingerprint density at radius 1 is 1.32 bits per heavy atom. The minimum Gasteiger partial charge on any atom is -0.464 e. The predicted molar refractivity (Wildman–Crippen MR) is 77.5 cm³/mol. The van der Waals surface area contributed by atoms with Crippen molar-refractivity contribution in [2.45, 2.75) is 26.0 Å². The summed E-state index contributed by atoms with van der Waals surface area (Å²) < 4.78 is 10.2. The first kappa shape index (κ1) is 15.8. The van der Waals surface area contributed by atoms with E-state index in [1.165, 1.54) is 4.90 Å². The quantitative estimate of drug-likeness (QED) is 0.796. The first-order valence-electron chi connectivity index (χ1n) is 7.19. The summed E-state index contributed by atoms with van der Waals surface area (Å²) in [6.07, 6.45) is -0.310. The molecule has 0 N–H and O–H groups in total. The first-order chi connectivity index (χ1) is 10.7. The van der Waals surface area contributed by atoms with Crippen molar-refractivity contribution < 1.29 is 19.1 Å². The molecule has 2 rings (SSSR count). The predicted octanol–water partition coefficient (Wildman–Crippen LogP) is 2.10. The van der Waals surface area contributed by atoms with Crippen LogP contribution in [0.3, 0.4) is 0 Å². The maximum Gasteiger partial charge on any atom is 0.410 e. The van der Waals surface area contributed by atoms with E-state index in [9.17, 15) is 9.59 Å². The van der Waals surface area contributed by atoms with Crippen LogP contribution in [0.15, 0.2) is 30.3 Å². The van der Waals surface area contributed by atoms with E-state index in [1.807, 2.05) is 30.3 Å². The smallest absolute Gasteiger partial charge is 0.410 e. The van der Waals surface area contributed by atoms with Crippen molar-refractivity contribution >= 4 is 12.1 Å². The van der Waals surface area contributed by atoms with Gasteiger partial charge in [-0.3, -0.25) is 4.90 Å². The molecular formula is C16H18N2O4. The van der Waals surface area contributed by atoms with Gasteiger partial charge in [-0.1, -0.05) is 30.3 Å². The van der Waals surface area contributed by atoms with Gasteiger partial charge in [-0.25, -0.2) is 9.59 Å². The van der Waals surface area contributed by atoms with Gasteiger partial charge >= 0.3 is 12.1 Å². The lowest BCUT2D eigenvalue weighted by molar-refractivity contribution is -0.147. The van der Waals surface area contributed by atoms with E-state index in [0.717, 1.165) is 5.56 Å². The molecule has 1 aliphatic rings. The van der Waals surface area contributed by atoms with Crippen molar-refractivity contribution in [1.82, 2.24) is 4.90 Å². The van der Waals surface area contributed by atoms with Crippen LogP contribution in [0.5, 0.6) is 0 Å². The van der Waals surface area contributed by atoms with Gasteiger partial charge in [-0.15, -0.1) is 0 Å². The van der Waals surface area contributed by atoms with Crippen molar-refractivity contribution in [3.05, 3.63) is 35.9 Å². The summed E-state index contributed by atoms with van der Waals surface area (Å²) in [5.74, 6) is -0.865. The summed E-state index contributed by atoms with van der Waals surface area (Å²) in [7, 11) is 0. The molecule has 0 radical (unpaired) electrons. The highest BCUT2D eigenvalue weighted by Gasteiger charge is 2.41. The Hall–Kier alpha value is -2.55. The molecule has 2 atom stereocenters. The van der Waals surface area contributed by atoms with Gasteiger partial charge in [0.2, 0.25) is 0 Å². The Morgan fingerprint density at radius 3 is 2.68 bits per heavy atom. The van der Waals surface area contributed by atoms with Gasteiger partial charge in [-0.05, 0) is 18.9 Å². The molecule has 1 saturated heterocycles. The van der Waals surface area contributed by atoms with Crippen LogP contribution in [-0.2, 0) is 20.9 Å². The standard InChI is InChI=1S/C16H18N2O4/c1-2-21-15(19)14-8-13(9-17)10-18(14)16(20)22-11-12-6-4-3-5-7-12/h3-7,13-14H,2,8,10-11H2,1H3/t13-,14+/m0/s1. The summed E-state index contributed by atoms with van der Waals surface area (Å²) in [5, 5.41) is 9.02. The minimum atomic E-state index is -0.743. The summed E-state index contributed by atoms with van der Waals surface area (Å²) in [5.41, 5.74) is 0.861. The van der Waals surface area contributed by atoms with Crippen LogP contribution in [0.2, 0.25) is 0 Å². The molecular weight excluding hydrogens is 284 g/mol. The normalized spacial score (nSPS) is 20.3. The van der Waals surface area contributed by atoms with Crippen molar-refractivity contribution in [2.75, 3.05) is 13.2 Å². The molecule has 1 aliphatic heterocycles. The highest BCUT2D eigenvalue weighted by atomic mass is 16.6. The number of nitriles is 1. The van der Waals surface area contributed by atoms with Gasteiger partial charge < -0.3 is 9.47 Å². The van der Waals surface area contributed by atoms with E-state index >= 15 is 0 Å². The molecule has 1 aromatic carbocycles. The second-order valence-electron chi connectivity index (χ2n) is 5.02. The van der Waals surface area contributed by atoms with E-state index in [-0.39, 0.29) is 32.1 Å². The summed E-state index contributed by atoms with van der Waals surface area (Å²) in [6.45, 7) is 2.25. The molecule has 0 aliphatic carbocycles. The molecule has 0 saturated carbocycles. The van der Waals surface area contributed by atoms with E-state index in [0.29, 0.717) is 0 Å². The molecule has 0 aromatic heterocycles. The van der Waals surface area contributed by atoms with Crippen molar-refractivity contribution in [2.24, 2.45) is 5.92 Å². The molecule has 0 spiro atoms. The maximum absolute atomic E-state index is 12.2. The highest BCUT2D eigenvalue weighted by molar-refractivity contribution is 5.82. The van der Waals surface area contributed by atoms with Crippen LogP contribution in [0.4, 0.5) is 4.79 Å². The van der Waals surface area contributed by atoms with Crippen molar-refractivity contribution in [1.29, 1.82) is 5.26 Å². The van der Waals surface area contributed by atoms with E-state index in [1.54, 1.807) is 6.92 Å². The third-order valence-electron chi connectivity index (χ3n) is 3.48. The number of amides is 1. The Balaban J connectivity index is 1.99. The fourth-order valence-corrected chi connectivity index (χ4v) is 2.40. The molecule has 6 nitrogen and oxygen atoms in total. The Kier molecular flexibility index (Phi) is 5.37. The molecule has 0 unspecified atom stereocenters. The lowest BCUT2D eigenvalue weighted by Crippen LogP contribution is -2.41. The molecule has 1 heterocycles. The molecule has 1 fully saturated rings. The number of nitrogens with zero attached hydrogens (tertiary/aromatic N) is 2. The molecule has 1 aromatic rings. The molecule has 116 valence electrons. The Labute approximate surface area is 129 Å². The number of rotatable bonds is 4. The van der Waals surface area contributed by atoms with Crippen LogP contribution in [0.25, 0.3) is 0 Å². The number of benzene rings is 1. The van der Waals surface area contributed by atoms with Crippen molar-refractivity contribution in [3.63, 3.8) is 0 Å². The van der Waals surface area contributed by atoms with E-state index in [4.69, 9.17) is 14.7 Å². The average molecular weight is 302 g/mol. The van der Waals surface area contributed by atoms with E-state index in [2.05, 4.69) is 6.07 Å². The minimum absolute atomic E-state index is 0.128. The summed E-state index contributed by atoms with van der Waals surface area (Å²) in [4.78, 5) is 25.4. The number of hydrogen-bond donors (Lipinski definition) is 0. The average Bonchev–Trinajstić information content (AvgIpc) is 2.98. The fraction of sp³-hybridized carbons (Fsp3) is 0.438. The van der Waals surface area contributed by atoms with E-state index < -0.39 is 18.1 Å². The highest BCUT2D eigenvalue weighted by Crippen LogP contribution is 2.25. The summed E-state index contributed by atoms with van der Waals surface area (Å²) in [6, 6.07) is 10.6. The number of hydrogen-bond acceptors (Lipinski definition) is 5. The zero-order valence-corrected chi connectivity index (χ0v) is 12.4. The number of carbonyl (C=O) groups is 2. The van der Waals surface area contributed by atoms with Gasteiger partial charge in [0.15, 0.2) is 0 Å². The van der Waals surface area contributed by atoms with Crippen LogP contribution in [0, 0.1) is 17.2 Å². The fourth-order valence-electron chi connectivity index (χ4n) is 2.40. The number of likely N-dealkylation sites (tertiary alicyclic amines) is 1. The molecule has 1 amide bonds. The van der Waals surface area contributed by atoms with Crippen LogP contribution in [-0.4, -0.2) is 36.2 Å². The molecule has 0 bridgehead atoms. The van der Waals surface area contributed by atoms with Crippen molar-refractivity contribution in [3.8, 4) is 6.07 Å². The topological polar surface area (TPSA) is 79.6 Å². The monoisotopic (exact) mass is 302 g/mol. The van der Waals surface area contributed by atoms with Gasteiger partial charge in [0.1, 0.15) is 12.6 Å². The largest absolute Gasteiger partial charge is 0.464 e. The first-order valence-corrected chi connectivity index (χ1v) is 7.19. The van der Waals surface area contributed by atoms with Gasteiger partial charge in [0, 0.05) is 6.54 Å².